The Bertz CT molecular complexity index is 410. The summed E-state index contributed by atoms with van der Waals surface area (Å²) in [6.07, 6.45) is 7.45. The molecular weight excluding hydrogens is 238 g/mol. The van der Waals surface area contributed by atoms with Crippen LogP contribution in [0.2, 0.25) is 0 Å². The van der Waals surface area contributed by atoms with Gasteiger partial charge >= 0.3 is 0 Å². The van der Waals surface area contributed by atoms with E-state index in [0.717, 1.165) is 6.42 Å². The Morgan fingerprint density at radius 2 is 1.68 bits per heavy atom. The molecule has 0 saturated heterocycles. The second-order valence-electron chi connectivity index (χ2n) is 4.63. The van der Waals surface area contributed by atoms with E-state index in [4.69, 9.17) is 14.7 Å². The van der Waals surface area contributed by atoms with Gasteiger partial charge in [0, 0.05) is 6.07 Å². The second-order valence-corrected chi connectivity index (χ2v) is 4.63. The number of nitrogens with zero attached hydrogens (tertiary/aromatic N) is 1. The van der Waals surface area contributed by atoms with E-state index in [1.807, 2.05) is 6.07 Å². The van der Waals surface area contributed by atoms with Gasteiger partial charge in [-0.3, -0.25) is 0 Å². The fourth-order valence-electron chi connectivity index (χ4n) is 1.91. The first-order chi connectivity index (χ1) is 9.30. The lowest BCUT2D eigenvalue weighted by Crippen LogP contribution is -1.98. The maximum atomic E-state index is 8.91. The molecule has 0 amide bonds. The van der Waals surface area contributed by atoms with Crippen LogP contribution in [0.25, 0.3) is 0 Å². The van der Waals surface area contributed by atoms with Gasteiger partial charge in [0.2, 0.25) is 0 Å². The number of methoxy groups -OCH3 is 1. The van der Waals surface area contributed by atoms with Crippen molar-refractivity contribution >= 4 is 0 Å². The zero-order valence-corrected chi connectivity index (χ0v) is 11.9. The van der Waals surface area contributed by atoms with Crippen LogP contribution in [-0.2, 0) is 0 Å². The molecule has 0 aliphatic heterocycles. The van der Waals surface area contributed by atoms with Crippen LogP contribution in [0.5, 0.6) is 11.5 Å². The topological polar surface area (TPSA) is 42.2 Å². The van der Waals surface area contributed by atoms with Gasteiger partial charge < -0.3 is 9.47 Å². The number of benzene rings is 1. The van der Waals surface area contributed by atoms with Crippen molar-refractivity contribution in [2.45, 2.75) is 45.4 Å². The third-order valence-corrected chi connectivity index (χ3v) is 3.01. The van der Waals surface area contributed by atoms with Crippen LogP contribution in [-0.4, -0.2) is 13.7 Å². The molecule has 0 unspecified atom stereocenters. The van der Waals surface area contributed by atoms with Gasteiger partial charge in [-0.2, -0.15) is 5.26 Å². The molecule has 0 aromatic heterocycles. The van der Waals surface area contributed by atoms with E-state index >= 15 is 0 Å². The normalized spacial score (nSPS) is 9.95. The zero-order chi connectivity index (χ0) is 13.9. The molecule has 0 heterocycles. The minimum atomic E-state index is 0.567. The fraction of sp³-hybridized carbons (Fsp3) is 0.562. The van der Waals surface area contributed by atoms with Crippen molar-refractivity contribution in [1.82, 2.24) is 0 Å². The number of unbranched alkanes of at least 4 members (excludes halogenated alkanes) is 5. The van der Waals surface area contributed by atoms with Crippen LogP contribution in [0.15, 0.2) is 18.2 Å². The highest BCUT2D eigenvalue weighted by atomic mass is 16.5. The third kappa shape index (κ3) is 6.15. The molecule has 0 N–H and O–H groups in total. The van der Waals surface area contributed by atoms with E-state index in [-0.39, 0.29) is 0 Å². The standard InChI is InChI=1S/C16H23NO2/c1-3-4-5-6-7-8-9-19-16-11-14(13-17)10-15(12-16)18-2/h10-12H,3-9H2,1-2H3. The van der Waals surface area contributed by atoms with Crippen molar-refractivity contribution in [3.05, 3.63) is 23.8 Å². The summed E-state index contributed by atoms with van der Waals surface area (Å²) < 4.78 is 10.8. The van der Waals surface area contributed by atoms with Crippen molar-refractivity contribution in [1.29, 1.82) is 5.26 Å². The van der Waals surface area contributed by atoms with Crippen molar-refractivity contribution < 1.29 is 9.47 Å². The van der Waals surface area contributed by atoms with Crippen molar-refractivity contribution in [2.24, 2.45) is 0 Å². The largest absolute Gasteiger partial charge is 0.497 e. The predicted molar refractivity (Wildman–Crippen MR) is 76.6 cm³/mol. The summed E-state index contributed by atoms with van der Waals surface area (Å²) >= 11 is 0. The highest BCUT2D eigenvalue weighted by molar-refractivity contribution is 5.43. The molecule has 0 aliphatic carbocycles. The smallest absolute Gasteiger partial charge is 0.124 e. The molecular formula is C16H23NO2. The Morgan fingerprint density at radius 3 is 2.37 bits per heavy atom. The molecule has 0 fully saturated rings. The Kier molecular flexibility index (Phi) is 7.50. The van der Waals surface area contributed by atoms with Gasteiger partial charge in [0.25, 0.3) is 0 Å². The summed E-state index contributed by atoms with van der Waals surface area (Å²) in [6.45, 7) is 2.92. The maximum absolute atomic E-state index is 8.91. The molecule has 0 bridgehead atoms. The Balaban J connectivity index is 2.31. The quantitative estimate of drug-likeness (QED) is 0.622. The lowest BCUT2D eigenvalue weighted by atomic mass is 10.1. The maximum Gasteiger partial charge on any atom is 0.124 e. The summed E-state index contributed by atoms with van der Waals surface area (Å²) in [4.78, 5) is 0. The minimum Gasteiger partial charge on any atom is -0.497 e. The summed E-state index contributed by atoms with van der Waals surface area (Å²) in [7, 11) is 1.59. The van der Waals surface area contributed by atoms with Crippen LogP contribution in [0.1, 0.15) is 51.0 Å². The van der Waals surface area contributed by atoms with Crippen LogP contribution >= 0.6 is 0 Å². The molecule has 3 nitrogen and oxygen atoms in total. The van der Waals surface area contributed by atoms with Crippen molar-refractivity contribution in [3.8, 4) is 17.6 Å². The first-order valence-corrected chi connectivity index (χ1v) is 7.02. The highest BCUT2D eigenvalue weighted by Gasteiger charge is 2.02. The average molecular weight is 261 g/mol. The second kappa shape index (κ2) is 9.27. The molecule has 0 radical (unpaired) electrons. The van der Waals surface area contributed by atoms with Gasteiger partial charge in [0.05, 0.1) is 25.3 Å². The molecule has 0 atom stereocenters. The Labute approximate surface area is 116 Å². The molecule has 1 aromatic rings. The van der Waals surface area contributed by atoms with Gasteiger partial charge in [0.1, 0.15) is 11.5 Å². The SMILES string of the molecule is CCCCCCCCOc1cc(C#N)cc(OC)c1. The fourth-order valence-corrected chi connectivity index (χ4v) is 1.91. The number of nitriles is 1. The lowest BCUT2D eigenvalue weighted by Gasteiger charge is -2.08. The van der Waals surface area contributed by atoms with Crippen LogP contribution in [0, 0.1) is 11.3 Å². The Morgan fingerprint density at radius 1 is 1.00 bits per heavy atom. The summed E-state index contributed by atoms with van der Waals surface area (Å²) in [5.74, 6) is 1.38. The predicted octanol–water partition coefficient (Wildman–Crippen LogP) is 4.31. The van der Waals surface area contributed by atoms with E-state index in [2.05, 4.69) is 13.0 Å². The van der Waals surface area contributed by atoms with Gasteiger partial charge in [-0.1, -0.05) is 39.0 Å². The first-order valence-electron chi connectivity index (χ1n) is 7.02. The van der Waals surface area contributed by atoms with Crippen LogP contribution in [0.4, 0.5) is 0 Å². The van der Waals surface area contributed by atoms with E-state index in [9.17, 15) is 0 Å². The van der Waals surface area contributed by atoms with Crippen LogP contribution in [0.3, 0.4) is 0 Å². The summed E-state index contributed by atoms with van der Waals surface area (Å²) in [6, 6.07) is 7.38. The van der Waals surface area contributed by atoms with Gasteiger partial charge in [-0.05, 0) is 18.6 Å². The lowest BCUT2D eigenvalue weighted by molar-refractivity contribution is 0.302. The molecule has 0 spiro atoms. The molecule has 0 aliphatic rings. The molecule has 0 saturated carbocycles. The van der Waals surface area contributed by atoms with E-state index in [0.29, 0.717) is 23.7 Å². The molecule has 3 heteroatoms. The molecule has 1 aromatic carbocycles. The number of ether oxygens (including phenoxy) is 2. The monoisotopic (exact) mass is 261 g/mol. The van der Waals surface area contributed by atoms with Gasteiger partial charge in [-0.25, -0.2) is 0 Å². The van der Waals surface area contributed by atoms with E-state index < -0.39 is 0 Å². The minimum absolute atomic E-state index is 0.567. The van der Waals surface area contributed by atoms with Crippen molar-refractivity contribution in [2.75, 3.05) is 13.7 Å². The Hall–Kier alpha value is -1.69. The van der Waals surface area contributed by atoms with E-state index in [1.54, 1.807) is 19.2 Å². The zero-order valence-electron chi connectivity index (χ0n) is 11.9. The third-order valence-electron chi connectivity index (χ3n) is 3.01. The molecule has 19 heavy (non-hydrogen) atoms. The van der Waals surface area contributed by atoms with E-state index in [1.165, 1.54) is 32.1 Å². The van der Waals surface area contributed by atoms with Crippen molar-refractivity contribution in [3.63, 3.8) is 0 Å². The summed E-state index contributed by atoms with van der Waals surface area (Å²) in [5, 5.41) is 8.91. The number of hydrogen-bond acceptors (Lipinski definition) is 3. The van der Waals surface area contributed by atoms with Gasteiger partial charge in [-0.15, -0.1) is 0 Å². The van der Waals surface area contributed by atoms with Gasteiger partial charge in [0.15, 0.2) is 0 Å². The highest BCUT2D eigenvalue weighted by Crippen LogP contribution is 2.22. The number of hydrogen-bond donors (Lipinski definition) is 0. The molecule has 1 rings (SSSR count). The first kappa shape index (κ1) is 15.4. The van der Waals surface area contributed by atoms with Crippen LogP contribution < -0.4 is 9.47 Å². The summed E-state index contributed by atoms with van der Waals surface area (Å²) in [5.41, 5.74) is 0.567. The molecule has 104 valence electrons. The average Bonchev–Trinajstić information content (AvgIpc) is 2.45. The number of rotatable bonds is 9.